The van der Waals surface area contributed by atoms with Gasteiger partial charge in [0.1, 0.15) is 11.6 Å². The van der Waals surface area contributed by atoms with Gasteiger partial charge in [-0.2, -0.15) is 4.98 Å². The first-order valence-corrected chi connectivity index (χ1v) is 5.81. The summed E-state index contributed by atoms with van der Waals surface area (Å²) < 4.78 is 18.3. The minimum atomic E-state index is -1.02. The molecule has 0 unspecified atom stereocenters. The summed E-state index contributed by atoms with van der Waals surface area (Å²) in [6.07, 6.45) is -1.02. The van der Waals surface area contributed by atoms with Gasteiger partial charge in [0.25, 0.3) is 0 Å². The van der Waals surface area contributed by atoms with E-state index in [0.717, 1.165) is 6.07 Å². The maximum absolute atomic E-state index is 13.7. The van der Waals surface area contributed by atoms with Crippen LogP contribution in [0.2, 0.25) is 10.4 Å². The third kappa shape index (κ3) is 3.43. The number of nitrogens with one attached hydrogen (secondary N) is 1. The third-order valence-electron chi connectivity index (χ3n) is 2.03. The Morgan fingerprint density at radius 3 is 2.80 bits per heavy atom. The minimum Gasteiger partial charge on any atom is -0.410 e. The van der Waals surface area contributed by atoms with Crippen molar-refractivity contribution < 1.29 is 13.9 Å². The molecule has 2 rings (SSSR count). The molecule has 0 aliphatic heterocycles. The summed E-state index contributed by atoms with van der Waals surface area (Å²) in [6, 6.07) is 3.51. The number of aromatic nitrogens is 3. The lowest BCUT2D eigenvalue weighted by Gasteiger charge is -2.09. The van der Waals surface area contributed by atoms with Crippen LogP contribution in [-0.4, -0.2) is 21.3 Å². The topological polar surface area (TPSA) is 103 Å². The van der Waals surface area contributed by atoms with E-state index < -0.39 is 11.9 Å². The largest absolute Gasteiger partial charge is 0.410 e. The Labute approximate surface area is 121 Å². The van der Waals surface area contributed by atoms with Crippen LogP contribution in [0.5, 0.6) is 5.75 Å². The quantitative estimate of drug-likeness (QED) is 0.901. The van der Waals surface area contributed by atoms with E-state index in [1.807, 2.05) is 0 Å². The Kier molecular flexibility index (Phi) is 4.16. The van der Waals surface area contributed by atoms with Gasteiger partial charge in [0.15, 0.2) is 11.0 Å². The fourth-order valence-corrected chi connectivity index (χ4v) is 1.53. The van der Waals surface area contributed by atoms with Crippen LogP contribution in [0, 0.1) is 5.82 Å². The maximum atomic E-state index is 13.7. The molecule has 0 aliphatic carbocycles. The van der Waals surface area contributed by atoms with Crippen LogP contribution >= 0.6 is 23.2 Å². The number of carbonyl (C=O) groups is 1. The van der Waals surface area contributed by atoms with E-state index in [2.05, 4.69) is 25.2 Å². The van der Waals surface area contributed by atoms with Crippen molar-refractivity contribution in [3.8, 4) is 5.75 Å². The van der Waals surface area contributed by atoms with Crippen LogP contribution in [0.4, 0.5) is 20.7 Å². The summed E-state index contributed by atoms with van der Waals surface area (Å²) in [5.41, 5.74) is 4.81. The first-order valence-electron chi connectivity index (χ1n) is 5.05. The molecule has 10 heteroatoms. The fraction of sp³-hybridized carbons (Fsp3) is 0. The molecule has 1 aromatic heterocycles. The van der Waals surface area contributed by atoms with E-state index in [-0.39, 0.29) is 27.7 Å². The van der Waals surface area contributed by atoms with Gasteiger partial charge in [-0.1, -0.05) is 11.6 Å². The lowest BCUT2D eigenvalue weighted by molar-refractivity contribution is 0.211. The zero-order chi connectivity index (χ0) is 14.7. The highest BCUT2D eigenvalue weighted by Crippen LogP contribution is 2.27. The normalized spacial score (nSPS) is 10.2. The average Bonchev–Trinajstić information content (AvgIpc) is 2.37. The summed E-state index contributed by atoms with van der Waals surface area (Å²) >= 11 is 11.3. The lowest BCUT2D eigenvalue weighted by Crippen LogP contribution is -2.16. The SMILES string of the molecule is NC(=O)Oc1ccc(F)c(Nc2nc(Cl)nnc2Cl)c1. The second kappa shape index (κ2) is 5.85. The Balaban J connectivity index is 2.32. The molecule has 0 saturated heterocycles. The molecule has 1 aromatic carbocycles. The number of nitrogens with two attached hydrogens (primary N) is 1. The average molecular weight is 318 g/mol. The van der Waals surface area contributed by atoms with Crippen molar-refractivity contribution in [3.05, 3.63) is 34.5 Å². The molecule has 7 nitrogen and oxygen atoms in total. The van der Waals surface area contributed by atoms with E-state index in [4.69, 9.17) is 28.9 Å². The van der Waals surface area contributed by atoms with Crippen molar-refractivity contribution in [3.63, 3.8) is 0 Å². The number of rotatable bonds is 3. The number of hydrogen-bond donors (Lipinski definition) is 2. The van der Waals surface area contributed by atoms with Gasteiger partial charge < -0.3 is 15.8 Å². The van der Waals surface area contributed by atoms with Gasteiger partial charge in [0.05, 0.1) is 5.69 Å². The molecular weight excluding hydrogens is 312 g/mol. The number of ether oxygens (including phenoxy) is 1. The molecule has 0 atom stereocenters. The molecule has 2 aromatic rings. The number of halogens is 3. The van der Waals surface area contributed by atoms with Crippen molar-refractivity contribution in [2.24, 2.45) is 5.73 Å². The molecule has 0 spiro atoms. The van der Waals surface area contributed by atoms with E-state index in [0.29, 0.717) is 0 Å². The first-order chi connectivity index (χ1) is 9.45. The second-order valence-corrected chi connectivity index (χ2v) is 4.10. The molecular formula is C10H6Cl2FN5O2. The van der Waals surface area contributed by atoms with Crippen LogP contribution in [0.1, 0.15) is 0 Å². The predicted octanol–water partition coefficient (Wildman–Crippen LogP) is 2.52. The van der Waals surface area contributed by atoms with Gasteiger partial charge in [-0.25, -0.2) is 9.18 Å². The highest BCUT2D eigenvalue weighted by atomic mass is 35.5. The summed E-state index contributed by atoms with van der Waals surface area (Å²) in [4.78, 5) is 14.4. The van der Waals surface area contributed by atoms with Crippen molar-refractivity contribution in [2.45, 2.75) is 0 Å². The molecule has 0 fully saturated rings. The van der Waals surface area contributed by atoms with Gasteiger partial charge in [0, 0.05) is 6.07 Å². The van der Waals surface area contributed by atoms with Gasteiger partial charge in [0.2, 0.25) is 5.28 Å². The van der Waals surface area contributed by atoms with Crippen molar-refractivity contribution in [2.75, 3.05) is 5.32 Å². The zero-order valence-corrected chi connectivity index (χ0v) is 11.1. The third-order valence-corrected chi connectivity index (χ3v) is 2.44. The summed E-state index contributed by atoms with van der Waals surface area (Å²) in [6.45, 7) is 0. The van der Waals surface area contributed by atoms with Crippen LogP contribution < -0.4 is 15.8 Å². The molecule has 1 heterocycles. The van der Waals surface area contributed by atoms with Gasteiger partial charge in [-0.3, -0.25) is 0 Å². The van der Waals surface area contributed by atoms with Crippen molar-refractivity contribution >= 4 is 40.8 Å². The first kappa shape index (κ1) is 14.2. The number of nitrogens with zero attached hydrogens (tertiary/aromatic N) is 3. The number of hydrogen-bond acceptors (Lipinski definition) is 6. The summed E-state index contributed by atoms with van der Waals surface area (Å²) in [5, 5.41) is 9.21. The number of anilines is 2. The van der Waals surface area contributed by atoms with E-state index in [1.54, 1.807) is 0 Å². The minimum absolute atomic E-state index is 0.00166. The van der Waals surface area contributed by atoms with E-state index in [1.165, 1.54) is 12.1 Å². The Morgan fingerprint density at radius 2 is 2.10 bits per heavy atom. The molecule has 20 heavy (non-hydrogen) atoms. The number of benzene rings is 1. The van der Waals surface area contributed by atoms with E-state index in [9.17, 15) is 9.18 Å². The highest BCUT2D eigenvalue weighted by Gasteiger charge is 2.11. The second-order valence-electron chi connectivity index (χ2n) is 3.41. The number of carbonyl (C=O) groups excluding carboxylic acids is 1. The summed E-state index contributed by atoms with van der Waals surface area (Å²) in [5.74, 6) is -0.583. The van der Waals surface area contributed by atoms with Crippen LogP contribution in [-0.2, 0) is 0 Å². The summed E-state index contributed by atoms with van der Waals surface area (Å²) in [7, 11) is 0. The molecule has 0 aliphatic rings. The monoisotopic (exact) mass is 317 g/mol. The Morgan fingerprint density at radius 1 is 1.35 bits per heavy atom. The van der Waals surface area contributed by atoms with Crippen molar-refractivity contribution in [1.82, 2.24) is 15.2 Å². The van der Waals surface area contributed by atoms with Crippen LogP contribution in [0.25, 0.3) is 0 Å². The van der Waals surface area contributed by atoms with Crippen LogP contribution in [0.3, 0.4) is 0 Å². The molecule has 0 saturated carbocycles. The number of primary amides is 1. The maximum Gasteiger partial charge on any atom is 0.409 e. The molecule has 104 valence electrons. The standard InChI is InChI=1S/C10H6Cl2FN5O2/c11-7-8(16-9(12)18-17-7)15-6-3-4(20-10(14)19)1-2-5(6)13/h1-3H,(H2,14,19)(H,15,16,18). The smallest absolute Gasteiger partial charge is 0.409 e. The molecule has 1 amide bonds. The van der Waals surface area contributed by atoms with Gasteiger partial charge in [-0.05, 0) is 23.7 Å². The Hall–Kier alpha value is -2.19. The van der Waals surface area contributed by atoms with Gasteiger partial charge in [-0.15, -0.1) is 10.2 Å². The number of amides is 1. The van der Waals surface area contributed by atoms with Crippen molar-refractivity contribution in [1.29, 1.82) is 0 Å². The highest BCUT2D eigenvalue weighted by molar-refractivity contribution is 6.32. The molecule has 3 N–H and O–H groups in total. The fourth-order valence-electron chi connectivity index (χ4n) is 1.28. The predicted molar refractivity (Wildman–Crippen MR) is 69.7 cm³/mol. The molecule has 0 radical (unpaired) electrons. The van der Waals surface area contributed by atoms with Gasteiger partial charge >= 0.3 is 6.09 Å². The van der Waals surface area contributed by atoms with E-state index >= 15 is 0 Å². The Bertz CT molecular complexity index is 670. The molecule has 0 bridgehead atoms. The lowest BCUT2D eigenvalue weighted by atomic mass is 10.3. The zero-order valence-electron chi connectivity index (χ0n) is 9.60. The van der Waals surface area contributed by atoms with Crippen LogP contribution in [0.15, 0.2) is 18.2 Å².